The summed E-state index contributed by atoms with van der Waals surface area (Å²) in [5.41, 5.74) is 5.46. The van der Waals surface area contributed by atoms with Crippen molar-refractivity contribution in [3.63, 3.8) is 0 Å². The highest BCUT2D eigenvalue weighted by Crippen LogP contribution is 2.25. The Labute approximate surface area is 105 Å². The molecule has 0 radical (unpaired) electrons. The Morgan fingerprint density at radius 3 is 2.47 bits per heavy atom. The first-order valence-electron chi connectivity index (χ1n) is 6.47. The Hall–Kier alpha value is -0.170. The minimum atomic E-state index is -3.23. The fraction of sp³-hybridized carbons (Fsp3) is 1.00. The third-order valence-electron chi connectivity index (χ3n) is 3.33. The summed E-state index contributed by atoms with van der Waals surface area (Å²) < 4.78 is 26.3. The molecular formula is C11H25N3O2S. The topological polar surface area (TPSA) is 75.4 Å². The van der Waals surface area contributed by atoms with Crippen LogP contribution in [0, 0.1) is 0 Å². The maximum Gasteiger partial charge on any atom is 0.215 e. The highest BCUT2D eigenvalue weighted by molar-refractivity contribution is 7.90. The second-order valence-electron chi connectivity index (χ2n) is 4.57. The summed E-state index contributed by atoms with van der Waals surface area (Å²) in [7, 11) is -3.23. The third kappa shape index (κ3) is 4.54. The first-order valence-corrected chi connectivity index (χ1v) is 8.02. The second kappa shape index (κ2) is 6.68. The minimum absolute atomic E-state index is 0.186. The quantitative estimate of drug-likeness (QED) is 0.620. The summed E-state index contributed by atoms with van der Waals surface area (Å²) in [6.45, 7) is 6.41. The zero-order valence-corrected chi connectivity index (χ0v) is 11.7. The molecule has 17 heavy (non-hydrogen) atoms. The van der Waals surface area contributed by atoms with Gasteiger partial charge in [0.2, 0.25) is 10.0 Å². The van der Waals surface area contributed by atoms with E-state index in [1.807, 2.05) is 6.92 Å². The smallest absolute Gasteiger partial charge is 0.215 e. The van der Waals surface area contributed by atoms with Gasteiger partial charge in [0.25, 0.3) is 0 Å². The highest BCUT2D eigenvalue weighted by atomic mass is 32.2. The van der Waals surface area contributed by atoms with E-state index in [-0.39, 0.29) is 6.54 Å². The van der Waals surface area contributed by atoms with Gasteiger partial charge in [-0.3, -0.25) is 4.90 Å². The standard InChI is InChI=1S/C11H25N3O2S/c1-3-11(9-12)17(15,16)13-7-8-14(4-2)10-5-6-10/h10-11,13H,3-9,12H2,1-2H3. The van der Waals surface area contributed by atoms with Gasteiger partial charge in [-0.05, 0) is 25.8 Å². The van der Waals surface area contributed by atoms with Crippen LogP contribution in [0.5, 0.6) is 0 Å². The summed E-state index contributed by atoms with van der Waals surface area (Å²) in [5.74, 6) is 0. The number of nitrogens with zero attached hydrogens (tertiary/aromatic N) is 1. The van der Waals surface area contributed by atoms with Crippen molar-refractivity contribution in [3.05, 3.63) is 0 Å². The molecule has 0 aromatic carbocycles. The van der Waals surface area contributed by atoms with Crippen LogP contribution in [0.2, 0.25) is 0 Å². The molecule has 0 heterocycles. The van der Waals surface area contributed by atoms with E-state index in [0.717, 1.165) is 13.1 Å². The van der Waals surface area contributed by atoms with E-state index in [1.165, 1.54) is 12.8 Å². The lowest BCUT2D eigenvalue weighted by atomic mass is 10.3. The third-order valence-corrected chi connectivity index (χ3v) is 5.34. The van der Waals surface area contributed by atoms with Crippen LogP contribution in [0.4, 0.5) is 0 Å². The number of hydrogen-bond acceptors (Lipinski definition) is 4. The average Bonchev–Trinajstić information content (AvgIpc) is 3.09. The molecule has 0 amide bonds. The number of sulfonamides is 1. The molecule has 0 saturated heterocycles. The Kier molecular flexibility index (Phi) is 5.85. The van der Waals surface area contributed by atoms with Crippen LogP contribution >= 0.6 is 0 Å². The van der Waals surface area contributed by atoms with Gasteiger partial charge in [-0.1, -0.05) is 13.8 Å². The zero-order chi connectivity index (χ0) is 12.9. The van der Waals surface area contributed by atoms with E-state index >= 15 is 0 Å². The molecule has 1 aliphatic rings. The fourth-order valence-electron chi connectivity index (χ4n) is 2.00. The molecule has 1 saturated carbocycles. The first kappa shape index (κ1) is 14.9. The Balaban J connectivity index is 2.33. The largest absolute Gasteiger partial charge is 0.329 e. The lowest BCUT2D eigenvalue weighted by Crippen LogP contribution is -2.42. The van der Waals surface area contributed by atoms with Gasteiger partial charge in [0, 0.05) is 25.7 Å². The van der Waals surface area contributed by atoms with Gasteiger partial charge >= 0.3 is 0 Å². The summed E-state index contributed by atoms with van der Waals surface area (Å²) in [4.78, 5) is 2.33. The average molecular weight is 263 g/mol. The van der Waals surface area contributed by atoms with E-state index in [0.29, 0.717) is 19.0 Å². The SMILES string of the molecule is CCC(CN)S(=O)(=O)NCCN(CC)C1CC1. The van der Waals surface area contributed by atoms with Crippen LogP contribution in [0.1, 0.15) is 33.1 Å². The van der Waals surface area contributed by atoms with Crippen LogP contribution in [-0.4, -0.2) is 50.8 Å². The maximum absolute atomic E-state index is 11.8. The molecule has 0 aromatic heterocycles. The predicted octanol–water partition coefficient (Wildman–Crippen LogP) is 0.127. The minimum Gasteiger partial charge on any atom is -0.329 e. The molecule has 1 aliphatic carbocycles. The van der Waals surface area contributed by atoms with Crippen molar-refractivity contribution in [2.45, 2.75) is 44.4 Å². The fourth-order valence-corrected chi connectivity index (χ4v) is 3.30. The van der Waals surface area contributed by atoms with Crippen molar-refractivity contribution in [3.8, 4) is 0 Å². The number of nitrogens with one attached hydrogen (secondary N) is 1. The number of likely N-dealkylation sites (N-methyl/N-ethyl adjacent to an activating group) is 1. The lowest BCUT2D eigenvalue weighted by molar-refractivity contribution is 0.282. The van der Waals surface area contributed by atoms with E-state index in [4.69, 9.17) is 5.73 Å². The predicted molar refractivity (Wildman–Crippen MR) is 70.3 cm³/mol. The van der Waals surface area contributed by atoms with Crippen molar-refractivity contribution < 1.29 is 8.42 Å². The lowest BCUT2D eigenvalue weighted by Gasteiger charge is -2.21. The van der Waals surface area contributed by atoms with Crippen LogP contribution < -0.4 is 10.5 Å². The molecule has 5 nitrogen and oxygen atoms in total. The number of rotatable bonds is 9. The molecule has 0 aliphatic heterocycles. The number of hydrogen-bond donors (Lipinski definition) is 2. The zero-order valence-electron chi connectivity index (χ0n) is 10.9. The summed E-state index contributed by atoms with van der Waals surface area (Å²) in [6.07, 6.45) is 3.06. The Morgan fingerprint density at radius 2 is 2.06 bits per heavy atom. The van der Waals surface area contributed by atoms with Crippen molar-refractivity contribution in [2.75, 3.05) is 26.2 Å². The van der Waals surface area contributed by atoms with Gasteiger partial charge < -0.3 is 5.73 Å². The second-order valence-corrected chi connectivity index (χ2v) is 6.61. The molecule has 6 heteroatoms. The van der Waals surface area contributed by atoms with Crippen molar-refractivity contribution in [1.29, 1.82) is 0 Å². The van der Waals surface area contributed by atoms with Crippen molar-refractivity contribution in [2.24, 2.45) is 5.73 Å². The normalized spacial score (nSPS) is 18.6. The van der Waals surface area contributed by atoms with Crippen LogP contribution in [0.3, 0.4) is 0 Å². The summed E-state index contributed by atoms with van der Waals surface area (Å²) in [6, 6.07) is 0.681. The van der Waals surface area contributed by atoms with Gasteiger partial charge in [-0.2, -0.15) is 0 Å². The molecule has 0 bridgehead atoms. The highest BCUT2D eigenvalue weighted by Gasteiger charge is 2.28. The molecule has 0 aromatic rings. The summed E-state index contributed by atoms with van der Waals surface area (Å²) >= 11 is 0. The van der Waals surface area contributed by atoms with Crippen molar-refractivity contribution >= 4 is 10.0 Å². The van der Waals surface area contributed by atoms with Gasteiger partial charge in [0.15, 0.2) is 0 Å². The van der Waals surface area contributed by atoms with Gasteiger partial charge in [-0.15, -0.1) is 0 Å². The van der Waals surface area contributed by atoms with Crippen LogP contribution in [-0.2, 0) is 10.0 Å². The molecule has 102 valence electrons. The molecule has 1 atom stereocenters. The van der Waals surface area contributed by atoms with Crippen LogP contribution in [0.25, 0.3) is 0 Å². The molecular weight excluding hydrogens is 238 g/mol. The molecule has 1 fully saturated rings. The van der Waals surface area contributed by atoms with Crippen LogP contribution in [0.15, 0.2) is 0 Å². The van der Waals surface area contributed by atoms with Gasteiger partial charge in [0.1, 0.15) is 0 Å². The molecule has 0 spiro atoms. The van der Waals surface area contributed by atoms with E-state index < -0.39 is 15.3 Å². The summed E-state index contributed by atoms with van der Waals surface area (Å²) in [5, 5.41) is -0.460. The van der Waals surface area contributed by atoms with E-state index in [1.54, 1.807) is 0 Å². The molecule has 3 N–H and O–H groups in total. The first-order chi connectivity index (χ1) is 8.05. The maximum atomic E-state index is 11.8. The number of nitrogens with two attached hydrogens (primary N) is 1. The molecule has 1 unspecified atom stereocenters. The van der Waals surface area contributed by atoms with Gasteiger partial charge in [-0.25, -0.2) is 13.1 Å². The van der Waals surface area contributed by atoms with E-state index in [9.17, 15) is 8.42 Å². The van der Waals surface area contributed by atoms with Gasteiger partial charge in [0.05, 0.1) is 5.25 Å². The molecule has 1 rings (SSSR count). The Morgan fingerprint density at radius 1 is 1.41 bits per heavy atom. The van der Waals surface area contributed by atoms with E-state index in [2.05, 4.69) is 16.5 Å². The van der Waals surface area contributed by atoms with Crippen molar-refractivity contribution in [1.82, 2.24) is 9.62 Å². The Bertz CT molecular complexity index is 311. The monoisotopic (exact) mass is 263 g/mol.